The second-order valence-corrected chi connectivity index (χ2v) is 4.70. The molecule has 0 fully saturated rings. The first-order chi connectivity index (χ1) is 11.0. The zero-order valence-corrected chi connectivity index (χ0v) is 12.4. The van der Waals surface area contributed by atoms with Gasteiger partial charge in [-0.2, -0.15) is 0 Å². The van der Waals surface area contributed by atoms with Crippen molar-refractivity contribution >= 4 is 17.5 Å². The molecule has 2 N–H and O–H groups in total. The molecule has 120 valence electrons. The van der Waals surface area contributed by atoms with E-state index in [1.54, 1.807) is 6.07 Å². The molecule has 2 amide bonds. The minimum absolute atomic E-state index is 0.108. The highest BCUT2D eigenvalue weighted by Crippen LogP contribution is 2.20. The third kappa shape index (κ3) is 3.94. The van der Waals surface area contributed by atoms with Gasteiger partial charge in [0, 0.05) is 30.3 Å². The van der Waals surface area contributed by atoms with Crippen molar-refractivity contribution in [2.24, 2.45) is 0 Å². The molecule has 1 heterocycles. The van der Waals surface area contributed by atoms with E-state index in [4.69, 9.17) is 4.42 Å². The number of nitrogens with one attached hydrogen (secondary N) is 2. The fraction of sp³-hybridized carbons (Fsp3) is 0.200. The molecule has 8 nitrogen and oxygen atoms in total. The van der Waals surface area contributed by atoms with Crippen molar-refractivity contribution in [1.82, 2.24) is 10.6 Å². The van der Waals surface area contributed by atoms with Gasteiger partial charge in [0.1, 0.15) is 0 Å². The Bertz CT molecular complexity index is 725. The molecule has 1 aromatic carbocycles. The van der Waals surface area contributed by atoms with E-state index in [0.717, 1.165) is 0 Å². The summed E-state index contributed by atoms with van der Waals surface area (Å²) in [5.41, 5.74) is 0.426. The molecule has 0 spiro atoms. The number of carbonyl (C=O) groups is 2. The van der Waals surface area contributed by atoms with Crippen LogP contribution in [0, 0.1) is 17.0 Å². The van der Waals surface area contributed by atoms with Crippen LogP contribution in [0.2, 0.25) is 0 Å². The molecule has 23 heavy (non-hydrogen) atoms. The lowest BCUT2D eigenvalue weighted by Crippen LogP contribution is -2.34. The van der Waals surface area contributed by atoms with E-state index >= 15 is 0 Å². The molecule has 0 aliphatic carbocycles. The van der Waals surface area contributed by atoms with Crippen molar-refractivity contribution in [3.63, 3.8) is 0 Å². The van der Waals surface area contributed by atoms with E-state index in [9.17, 15) is 19.7 Å². The predicted octanol–water partition coefficient (Wildman–Crippen LogP) is 1.66. The molecule has 1 aromatic heterocycles. The highest BCUT2D eigenvalue weighted by Gasteiger charge is 2.17. The number of hydrogen-bond donors (Lipinski definition) is 2. The van der Waals surface area contributed by atoms with Crippen molar-refractivity contribution in [3.05, 3.63) is 63.6 Å². The standard InChI is InChI=1S/C15H15N3O5/c1-10-11(4-2-5-12(10)18(21)22)14(19)16-7-8-17-15(20)13-6-3-9-23-13/h2-6,9H,7-8H2,1H3,(H,16,19)(H,17,20). The van der Waals surface area contributed by atoms with Gasteiger partial charge >= 0.3 is 0 Å². The molecule has 0 unspecified atom stereocenters. The van der Waals surface area contributed by atoms with Gasteiger partial charge in [-0.3, -0.25) is 19.7 Å². The number of rotatable bonds is 6. The number of nitro groups is 1. The molecule has 8 heteroatoms. The van der Waals surface area contributed by atoms with Crippen molar-refractivity contribution in [3.8, 4) is 0 Å². The molecule has 0 aliphatic heterocycles. The first-order valence-electron chi connectivity index (χ1n) is 6.84. The maximum Gasteiger partial charge on any atom is 0.287 e. The Morgan fingerprint density at radius 2 is 1.83 bits per heavy atom. The van der Waals surface area contributed by atoms with E-state index in [0.29, 0.717) is 5.56 Å². The highest BCUT2D eigenvalue weighted by molar-refractivity contribution is 5.96. The number of benzene rings is 1. The summed E-state index contributed by atoms with van der Waals surface area (Å²) >= 11 is 0. The molecular formula is C15H15N3O5. The summed E-state index contributed by atoms with van der Waals surface area (Å²) in [4.78, 5) is 34.0. The third-order valence-electron chi connectivity index (χ3n) is 3.19. The van der Waals surface area contributed by atoms with Crippen LogP contribution in [0.25, 0.3) is 0 Å². The SMILES string of the molecule is Cc1c(C(=O)NCCNC(=O)c2ccco2)cccc1[N+](=O)[O-]. The zero-order chi connectivity index (χ0) is 16.8. The Kier molecular flexibility index (Phi) is 5.08. The van der Waals surface area contributed by atoms with E-state index in [-0.39, 0.29) is 36.0 Å². The van der Waals surface area contributed by atoms with Gasteiger partial charge in [-0.1, -0.05) is 6.07 Å². The van der Waals surface area contributed by atoms with E-state index in [1.807, 2.05) is 0 Å². The summed E-state index contributed by atoms with van der Waals surface area (Å²) in [6.45, 7) is 1.92. The first-order valence-corrected chi connectivity index (χ1v) is 6.84. The van der Waals surface area contributed by atoms with Crippen LogP contribution in [0.4, 0.5) is 5.69 Å². The van der Waals surface area contributed by atoms with E-state index in [2.05, 4.69) is 10.6 Å². The average Bonchev–Trinajstić information content (AvgIpc) is 3.05. The molecule has 2 rings (SSSR count). The van der Waals surface area contributed by atoms with Gasteiger partial charge in [-0.25, -0.2) is 0 Å². The van der Waals surface area contributed by atoms with Gasteiger partial charge in [0.25, 0.3) is 17.5 Å². The number of nitro benzene ring substituents is 1. The smallest absolute Gasteiger partial charge is 0.287 e. The minimum atomic E-state index is -0.532. The molecular weight excluding hydrogens is 302 g/mol. The minimum Gasteiger partial charge on any atom is -0.459 e. The molecule has 0 atom stereocenters. The van der Waals surface area contributed by atoms with Crippen LogP contribution in [0.5, 0.6) is 0 Å². The lowest BCUT2D eigenvalue weighted by Gasteiger charge is -2.08. The number of nitrogens with zero attached hydrogens (tertiary/aromatic N) is 1. The maximum atomic E-state index is 12.0. The van der Waals surface area contributed by atoms with Crippen LogP contribution in [-0.4, -0.2) is 29.8 Å². The quantitative estimate of drug-likeness (QED) is 0.477. The van der Waals surface area contributed by atoms with Gasteiger partial charge in [0.15, 0.2) is 5.76 Å². The van der Waals surface area contributed by atoms with E-state index < -0.39 is 10.8 Å². The molecule has 0 aliphatic rings. The third-order valence-corrected chi connectivity index (χ3v) is 3.19. The monoisotopic (exact) mass is 317 g/mol. The van der Waals surface area contributed by atoms with Crippen molar-refractivity contribution in [2.45, 2.75) is 6.92 Å². The summed E-state index contributed by atoms with van der Waals surface area (Å²) in [5.74, 6) is -0.625. The average molecular weight is 317 g/mol. The normalized spacial score (nSPS) is 10.1. The summed E-state index contributed by atoms with van der Waals surface area (Å²) in [7, 11) is 0. The summed E-state index contributed by atoms with van der Waals surface area (Å²) in [5, 5.41) is 16.0. The second kappa shape index (κ2) is 7.21. The second-order valence-electron chi connectivity index (χ2n) is 4.70. The number of furan rings is 1. The summed E-state index contributed by atoms with van der Waals surface area (Å²) < 4.78 is 4.93. The zero-order valence-electron chi connectivity index (χ0n) is 12.4. The maximum absolute atomic E-state index is 12.0. The van der Waals surface area contributed by atoms with Crippen molar-refractivity contribution in [1.29, 1.82) is 0 Å². The number of amides is 2. The van der Waals surface area contributed by atoms with Gasteiger partial charge < -0.3 is 15.1 Å². The summed E-state index contributed by atoms with van der Waals surface area (Å²) in [6, 6.07) is 7.44. The molecule has 0 radical (unpaired) electrons. The molecule has 2 aromatic rings. The van der Waals surface area contributed by atoms with Gasteiger partial charge in [-0.05, 0) is 25.1 Å². The van der Waals surface area contributed by atoms with Gasteiger partial charge in [-0.15, -0.1) is 0 Å². The number of carbonyl (C=O) groups excluding carboxylic acids is 2. The Hall–Kier alpha value is -3.16. The fourth-order valence-electron chi connectivity index (χ4n) is 2.01. The Balaban J connectivity index is 1.87. The van der Waals surface area contributed by atoms with Crippen molar-refractivity contribution < 1.29 is 18.9 Å². The van der Waals surface area contributed by atoms with Crippen LogP contribution >= 0.6 is 0 Å². The topological polar surface area (TPSA) is 114 Å². The lowest BCUT2D eigenvalue weighted by atomic mass is 10.1. The number of hydrogen-bond acceptors (Lipinski definition) is 5. The highest BCUT2D eigenvalue weighted by atomic mass is 16.6. The van der Waals surface area contributed by atoms with Crippen LogP contribution in [0.1, 0.15) is 26.5 Å². The Morgan fingerprint density at radius 3 is 2.43 bits per heavy atom. The van der Waals surface area contributed by atoms with Crippen LogP contribution < -0.4 is 10.6 Å². The predicted molar refractivity (Wildman–Crippen MR) is 81.2 cm³/mol. The Morgan fingerprint density at radius 1 is 1.13 bits per heavy atom. The molecule has 0 saturated heterocycles. The van der Waals surface area contributed by atoms with E-state index in [1.165, 1.54) is 37.5 Å². The lowest BCUT2D eigenvalue weighted by molar-refractivity contribution is -0.385. The molecule has 0 saturated carbocycles. The summed E-state index contributed by atoms with van der Waals surface area (Å²) in [6.07, 6.45) is 1.39. The largest absolute Gasteiger partial charge is 0.459 e. The molecule has 0 bridgehead atoms. The van der Waals surface area contributed by atoms with Gasteiger partial charge in [0.2, 0.25) is 0 Å². The van der Waals surface area contributed by atoms with Crippen molar-refractivity contribution in [2.75, 3.05) is 13.1 Å². The van der Waals surface area contributed by atoms with Crippen LogP contribution in [0.15, 0.2) is 41.0 Å². The van der Waals surface area contributed by atoms with Gasteiger partial charge in [0.05, 0.1) is 11.2 Å². The Labute approximate surface area is 131 Å². The fourth-order valence-corrected chi connectivity index (χ4v) is 2.01. The van der Waals surface area contributed by atoms with Crippen LogP contribution in [-0.2, 0) is 0 Å². The first kappa shape index (κ1) is 16.2. The van der Waals surface area contributed by atoms with Crippen LogP contribution in [0.3, 0.4) is 0 Å².